The van der Waals surface area contributed by atoms with Crippen molar-refractivity contribution in [2.45, 2.75) is 6.42 Å². The molecule has 0 aliphatic carbocycles. The van der Waals surface area contributed by atoms with Crippen molar-refractivity contribution >= 4 is 34.1 Å². The summed E-state index contributed by atoms with van der Waals surface area (Å²) in [4.78, 5) is 6.55. The smallest absolute Gasteiger partial charge is 0.175 e. The molecule has 0 spiro atoms. The fraction of sp³-hybridized carbons (Fsp3) is 0.364. The Kier molecular flexibility index (Phi) is 3.78. The van der Waals surface area contributed by atoms with Crippen LogP contribution in [0.3, 0.4) is 0 Å². The molecule has 2 heterocycles. The number of anilines is 1. The number of halogens is 1. The molecule has 6 heteroatoms. The Balaban J connectivity index is 2.33. The molecule has 0 bridgehead atoms. The summed E-state index contributed by atoms with van der Waals surface area (Å²) in [5, 5.41) is 13.0. The second-order valence-electron chi connectivity index (χ2n) is 3.69. The number of fused-ring (bicyclic) bond motifs is 1. The van der Waals surface area contributed by atoms with Gasteiger partial charge in [-0.2, -0.15) is 10.4 Å². The third-order valence-corrected chi connectivity index (χ3v) is 3.26. The summed E-state index contributed by atoms with van der Waals surface area (Å²) in [6.07, 6.45) is 4.49. The molecule has 0 aliphatic rings. The van der Waals surface area contributed by atoms with E-state index in [1.807, 2.05) is 19.3 Å². The monoisotopic (exact) mass is 341 g/mol. The maximum Gasteiger partial charge on any atom is 0.175 e. The summed E-state index contributed by atoms with van der Waals surface area (Å²) in [6, 6.07) is 4.00. The fourth-order valence-corrected chi connectivity index (χ4v) is 1.90. The summed E-state index contributed by atoms with van der Waals surface area (Å²) >= 11 is 2.36. The van der Waals surface area contributed by atoms with Crippen molar-refractivity contribution in [2.75, 3.05) is 22.9 Å². The van der Waals surface area contributed by atoms with Gasteiger partial charge in [0.05, 0.1) is 6.20 Å². The van der Waals surface area contributed by atoms with Crippen molar-refractivity contribution < 1.29 is 0 Å². The van der Waals surface area contributed by atoms with Gasteiger partial charge < -0.3 is 4.90 Å². The van der Waals surface area contributed by atoms with Gasteiger partial charge in [-0.3, -0.25) is 0 Å². The van der Waals surface area contributed by atoms with E-state index in [9.17, 15) is 0 Å². The van der Waals surface area contributed by atoms with Gasteiger partial charge in [-0.1, -0.05) is 22.6 Å². The van der Waals surface area contributed by atoms with Crippen LogP contribution < -0.4 is 4.90 Å². The van der Waals surface area contributed by atoms with E-state index in [0.29, 0.717) is 11.2 Å². The summed E-state index contributed by atoms with van der Waals surface area (Å²) in [7, 11) is 2.01. The van der Waals surface area contributed by atoms with Crippen molar-refractivity contribution in [2.24, 2.45) is 0 Å². The minimum atomic E-state index is 0.508. The van der Waals surface area contributed by atoms with E-state index in [4.69, 9.17) is 5.26 Å². The molecule has 0 N–H and O–H groups in total. The van der Waals surface area contributed by atoms with Gasteiger partial charge in [-0.25, -0.2) is 9.50 Å². The molecule has 0 unspecified atom stereocenters. The third-order valence-electron chi connectivity index (χ3n) is 2.49. The first-order valence-corrected chi connectivity index (χ1v) is 6.80. The number of nitriles is 1. The van der Waals surface area contributed by atoms with E-state index >= 15 is 0 Å². The molecule has 0 amide bonds. The Hall–Kier alpha value is -1.36. The van der Waals surface area contributed by atoms with Gasteiger partial charge in [0.1, 0.15) is 17.5 Å². The lowest BCUT2D eigenvalue weighted by atomic mass is 10.3. The van der Waals surface area contributed by atoms with Crippen molar-refractivity contribution in [3.8, 4) is 6.07 Å². The first kappa shape index (κ1) is 12.1. The molecule has 0 fully saturated rings. The van der Waals surface area contributed by atoms with Crippen LogP contribution in [0.1, 0.15) is 12.0 Å². The predicted octanol–water partition coefficient (Wildman–Crippen LogP) is 1.86. The largest absolute Gasteiger partial charge is 0.360 e. The Morgan fingerprint density at radius 3 is 3.12 bits per heavy atom. The van der Waals surface area contributed by atoms with Crippen LogP contribution in [0.25, 0.3) is 5.65 Å². The van der Waals surface area contributed by atoms with Gasteiger partial charge in [-0.05, 0) is 12.5 Å². The van der Waals surface area contributed by atoms with Crippen molar-refractivity contribution in [1.82, 2.24) is 14.6 Å². The van der Waals surface area contributed by atoms with Crippen LogP contribution in [0.5, 0.6) is 0 Å². The second kappa shape index (κ2) is 5.31. The Labute approximate surface area is 113 Å². The van der Waals surface area contributed by atoms with Gasteiger partial charge in [0.2, 0.25) is 0 Å². The lowest BCUT2D eigenvalue weighted by Gasteiger charge is -2.17. The average Bonchev–Trinajstić information content (AvgIpc) is 2.77. The topological polar surface area (TPSA) is 57.2 Å². The molecule has 0 aliphatic heterocycles. The first-order chi connectivity index (χ1) is 8.26. The standard InChI is InChI=1S/C11H12IN5/c1-16(5-2-4-12)10-3-6-17-11(15-10)9(7-13)8-14-17/h3,6,8H,2,4-5H2,1H3. The van der Waals surface area contributed by atoms with Crippen LogP contribution in [0, 0.1) is 11.3 Å². The molecule has 2 aromatic rings. The third kappa shape index (κ3) is 2.49. The quantitative estimate of drug-likeness (QED) is 0.629. The molecule has 0 atom stereocenters. The minimum Gasteiger partial charge on any atom is -0.360 e. The maximum absolute atomic E-state index is 8.94. The van der Waals surface area contributed by atoms with Crippen molar-refractivity contribution in [3.63, 3.8) is 0 Å². The normalized spacial score (nSPS) is 10.4. The molecule has 2 aromatic heterocycles. The van der Waals surface area contributed by atoms with E-state index in [2.05, 4.69) is 43.6 Å². The summed E-state index contributed by atoms with van der Waals surface area (Å²) in [5.41, 5.74) is 1.13. The molecule has 0 aromatic carbocycles. The second-order valence-corrected chi connectivity index (χ2v) is 4.77. The van der Waals surface area contributed by atoms with Crippen LogP contribution in [0.2, 0.25) is 0 Å². The van der Waals surface area contributed by atoms with Crippen molar-refractivity contribution in [3.05, 3.63) is 24.0 Å². The Morgan fingerprint density at radius 2 is 2.41 bits per heavy atom. The summed E-state index contributed by atoms with van der Waals surface area (Å²) in [6.45, 7) is 0.960. The predicted molar refractivity (Wildman–Crippen MR) is 74.5 cm³/mol. The molecule has 0 radical (unpaired) electrons. The molecular weight excluding hydrogens is 329 g/mol. The zero-order chi connectivity index (χ0) is 12.3. The number of hydrogen-bond donors (Lipinski definition) is 0. The summed E-state index contributed by atoms with van der Waals surface area (Å²) < 4.78 is 2.74. The van der Waals surface area contributed by atoms with Gasteiger partial charge in [0, 0.05) is 24.2 Å². The minimum absolute atomic E-state index is 0.508. The zero-order valence-corrected chi connectivity index (χ0v) is 11.6. The SMILES string of the molecule is CN(CCCI)c1ccn2ncc(C#N)c2n1. The Bertz CT molecular complexity index is 556. The highest BCUT2D eigenvalue weighted by molar-refractivity contribution is 14.1. The van der Waals surface area contributed by atoms with E-state index < -0.39 is 0 Å². The molecule has 0 saturated carbocycles. The van der Waals surface area contributed by atoms with Gasteiger partial charge in [-0.15, -0.1) is 0 Å². The van der Waals surface area contributed by atoms with Crippen molar-refractivity contribution in [1.29, 1.82) is 5.26 Å². The summed E-state index contributed by atoms with van der Waals surface area (Å²) in [5.74, 6) is 0.874. The highest BCUT2D eigenvalue weighted by atomic mass is 127. The number of aromatic nitrogens is 3. The van der Waals surface area contributed by atoms with Gasteiger partial charge >= 0.3 is 0 Å². The molecule has 2 rings (SSSR count). The van der Waals surface area contributed by atoms with E-state index in [0.717, 1.165) is 23.2 Å². The lowest BCUT2D eigenvalue weighted by molar-refractivity contribution is 0.842. The molecule has 0 saturated heterocycles. The zero-order valence-electron chi connectivity index (χ0n) is 9.47. The van der Waals surface area contributed by atoms with Crippen LogP contribution in [-0.4, -0.2) is 32.6 Å². The van der Waals surface area contributed by atoms with E-state index in [-0.39, 0.29) is 0 Å². The van der Waals surface area contributed by atoms with Crippen LogP contribution in [0.15, 0.2) is 18.5 Å². The van der Waals surface area contributed by atoms with E-state index in [1.54, 1.807) is 4.52 Å². The number of hydrogen-bond acceptors (Lipinski definition) is 4. The molecular formula is C11H12IN5. The van der Waals surface area contributed by atoms with Crippen LogP contribution in [0.4, 0.5) is 5.82 Å². The lowest BCUT2D eigenvalue weighted by Crippen LogP contribution is -2.20. The maximum atomic E-state index is 8.94. The molecule has 17 heavy (non-hydrogen) atoms. The van der Waals surface area contributed by atoms with Crippen LogP contribution >= 0.6 is 22.6 Å². The molecule has 5 nitrogen and oxygen atoms in total. The van der Waals surface area contributed by atoms with Crippen LogP contribution in [-0.2, 0) is 0 Å². The average molecular weight is 341 g/mol. The number of alkyl halides is 1. The highest BCUT2D eigenvalue weighted by Gasteiger charge is 2.08. The Morgan fingerprint density at radius 1 is 1.59 bits per heavy atom. The fourth-order valence-electron chi connectivity index (χ4n) is 1.56. The highest BCUT2D eigenvalue weighted by Crippen LogP contribution is 2.13. The number of nitrogens with zero attached hydrogens (tertiary/aromatic N) is 5. The van der Waals surface area contributed by atoms with Gasteiger partial charge in [0.15, 0.2) is 5.65 Å². The van der Waals surface area contributed by atoms with Gasteiger partial charge in [0.25, 0.3) is 0 Å². The number of rotatable bonds is 4. The van der Waals surface area contributed by atoms with E-state index in [1.165, 1.54) is 6.20 Å². The first-order valence-electron chi connectivity index (χ1n) is 5.28. The molecule has 88 valence electrons.